The maximum absolute atomic E-state index is 12.6. The predicted octanol–water partition coefficient (Wildman–Crippen LogP) is 2.75. The summed E-state index contributed by atoms with van der Waals surface area (Å²) in [6, 6.07) is 6.99. The van der Waals surface area contributed by atoms with Gasteiger partial charge in [0.25, 0.3) is 5.91 Å². The normalized spacial score (nSPS) is 10.4. The average Bonchev–Trinajstić information content (AvgIpc) is 2.53. The van der Waals surface area contributed by atoms with Crippen molar-refractivity contribution in [3.63, 3.8) is 0 Å². The maximum atomic E-state index is 12.6. The summed E-state index contributed by atoms with van der Waals surface area (Å²) >= 11 is 0. The molecule has 1 amide bonds. The first-order chi connectivity index (χ1) is 10.5. The molecule has 0 N–H and O–H groups in total. The van der Waals surface area contributed by atoms with E-state index in [4.69, 9.17) is 4.74 Å². The zero-order valence-electron chi connectivity index (χ0n) is 13.8. The minimum absolute atomic E-state index is 0.0767. The molecule has 0 saturated carbocycles. The van der Waals surface area contributed by atoms with Gasteiger partial charge in [-0.05, 0) is 36.6 Å². The summed E-state index contributed by atoms with van der Waals surface area (Å²) in [6.45, 7) is 5.20. The van der Waals surface area contributed by atoms with E-state index in [2.05, 4.69) is 18.6 Å². The SMILES string of the molecule is COC(=O)CCN(CCC(C)C)C(=O)c1ccc(OC)cc1. The molecule has 0 aliphatic carbocycles. The van der Waals surface area contributed by atoms with Crippen LogP contribution in [0.4, 0.5) is 0 Å². The minimum Gasteiger partial charge on any atom is -0.497 e. The molecule has 0 fully saturated rings. The first-order valence-corrected chi connectivity index (χ1v) is 7.48. The van der Waals surface area contributed by atoms with Gasteiger partial charge < -0.3 is 14.4 Å². The van der Waals surface area contributed by atoms with Crippen molar-refractivity contribution >= 4 is 11.9 Å². The number of rotatable bonds is 8. The Balaban J connectivity index is 2.77. The number of benzene rings is 1. The number of hydrogen-bond donors (Lipinski definition) is 0. The molecule has 0 aliphatic heterocycles. The fourth-order valence-electron chi connectivity index (χ4n) is 1.97. The van der Waals surface area contributed by atoms with Crippen molar-refractivity contribution in [2.45, 2.75) is 26.7 Å². The highest BCUT2D eigenvalue weighted by molar-refractivity contribution is 5.94. The third kappa shape index (κ3) is 5.76. The lowest BCUT2D eigenvalue weighted by Crippen LogP contribution is -2.34. The van der Waals surface area contributed by atoms with Crippen LogP contribution >= 0.6 is 0 Å². The molecule has 0 aliphatic rings. The maximum Gasteiger partial charge on any atom is 0.307 e. The lowest BCUT2D eigenvalue weighted by Gasteiger charge is -2.23. The fraction of sp³-hybridized carbons (Fsp3) is 0.529. The van der Waals surface area contributed by atoms with E-state index in [-0.39, 0.29) is 18.3 Å². The van der Waals surface area contributed by atoms with Crippen molar-refractivity contribution in [1.29, 1.82) is 0 Å². The Morgan fingerprint density at radius 2 is 1.73 bits per heavy atom. The molecule has 5 heteroatoms. The van der Waals surface area contributed by atoms with Gasteiger partial charge in [-0.15, -0.1) is 0 Å². The van der Waals surface area contributed by atoms with Crippen LogP contribution in [0.2, 0.25) is 0 Å². The van der Waals surface area contributed by atoms with E-state index in [1.165, 1.54) is 7.11 Å². The second-order valence-electron chi connectivity index (χ2n) is 5.53. The van der Waals surface area contributed by atoms with E-state index < -0.39 is 0 Å². The van der Waals surface area contributed by atoms with Crippen molar-refractivity contribution in [1.82, 2.24) is 4.90 Å². The van der Waals surface area contributed by atoms with Crippen molar-refractivity contribution in [2.75, 3.05) is 27.3 Å². The van der Waals surface area contributed by atoms with Gasteiger partial charge in [-0.1, -0.05) is 13.8 Å². The van der Waals surface area contributed by atoms with Crippen LogP contribution in [-0.4, -0.2) is 44.1 Å². The standard InChI is InChI=1S/C17H25NO4/c1-13(2)9-11-18(12-10-16(19)22-4)17(20)14-5-7-15(21-3)8-6-14/h5-8,13H,9-12H2,1-4H3. The first kappa shape index (κ1) is 18.0. The van der Waals surface area contributed by atoms with Gasteiger partial charge in [-0.2, -0.15) is 0 Å². The molecular formula is C17H25NO4. The van der Waals surface area contributed by atoms with Crippen LogP contribution in [-0.2, 0) is 9.53 Å². The summed E-state index contributed by atoms with van der Waals surface area (Å²) < 4.78 is 9.74. The molecule has 0 unspecified atom stereocenters. The molecular weight excluding hydrogens is 282 g/mol. The zero-order chi connectivity index (χ0) is 16.5. The monoisotopic (exact) mass is 307 g/mol. The Kier molecular flexibility index (Phi) is 7.43. The fourth-order valence-corrected chi connectivity index (χ4v) is 1.97. The van der Waals surface area contributed by atoms with Crippen LogP contribution in [0.25, 0.3) is 0 Å². The molecule has 0 radical (unpaired) electrons. The predicted molar refractivity (Wildman–Crippen MR) is 85.0 cm³/mol. The van der Waals surface area contributed by atoms with Gasteiger partial charge in [-0.3, -0.25) is 9.59 Å². The van der Waals surface area contributed by atoms with Crippen LogP contribution in [0.5, 0.6) is 5.75 Å². The molecule has 0 aromatic heterocycles. The Morgan fingerprint density at radius 3 is 2.23 bits per heavy atom. The number of hydrogen-bond acceptors (Lipinski definition) is 4. The number of amides is 1. The van der Waals surface area contributed by atoms with E-state index in [0.29, 0.717) is 30.3 Å². The summed E-state index contributed by atoms with van der Waals surface area (Å²) in [5.41, 5.74) is 0.592. The van der Waals surface area contributed by atoms with E-state index >= 15 is 0 Å². The quantitative estimate of drug-likeness (QED) is 0.693. The van der Waals surface area contributed by atoms with E-state index in [9.17, 15) is 9.59 Å². The Bertz CT molecular complexity index is 482. The summed E-state index contributed by atoms with van der Waals surface area (Å²) in [5.74, 6) is 0.813. The number of ether oxygens (including phenoxy) is 2. The molecule has 1 aromatic rings. The largest absolute Gasteiger partial charge is 0.497 e. The lowest BCUT2D eigenvalue weighted by molar-refractivity contribution is -0.140. The first-order valence-electron chi connectivity index (χ1n) is 7.48. The van der Waals surface area contributed by atoms with Gasteiger partial charge in [0.15, 0.2) is 0 Å². The van der Waals surface area contributed by atoms with Gasteiger partial charge in [0.1, 0.15) is 5.75 Å². The number of nitrogens with zero attached hydrogens (tertiary/aromatic N) is 1. The molecule has 1 rings (SSSR count). The molecule has 22 heavy (non-hydrogen) atoms. The molecule has 0 spiro atoms. The lowest BCUT2D eigenvalue weighted by atomic mass is 10.1. The topological polar surface area (TPSA) is 55.8 Å². The summed E-state index contributed by atoms with van der Waals surface area (Å²) in [6.07, 6.45) is 1.10. The van der Waals surface area contributed by atoms with E-state index in [1.54, 1.807) is 36.3 Å². The van der Waals surface area contributed by atoms with Crippen LogP contribution in [0, 0.1) is 5.92 Å². The number of esters is 1. The zero-order valence-corrected chi connectivity index (χ0v) is 13.8. The van der Waals surface area contributed by atoms with Crippen LogP contribution in [0.15, 0.2) is 24.3 Å². The second-order valence-corrected chi connectivity index (χ2v) is 5.53. The van der Waals surface area contributed by atoms with Crippen LogP contribution < -0.4 is 4.74 Å². The molecule has 1 aromatic carbocycles. The highest BCUT2D eigenvalue weighted by atomic mass is 16.5. The molecule has 5 nitrogen and oxygen atoms in total. The van der Waals surface area contributed by atoms with Crippen molar-refractivity contribution in [3.05, 3.63) is 29.8 Å². The third-order valence-corrected chi connectivity index (χ3v) is 3.41. The highest BCUT2D eigenvalue weighted by Gasteiger charge is 2.17. The van der Waals surface area contributed by atoms with Gasteiger partial charge >= 0.3 is 5.97 Å². The number of carbonyl (C=O) groups is 2. The Hall–Kier alpha value is -2.04. The summed E-state index contributed by atoms with van der Waals surface area (Å²) in [4.78, 5) is 25.6. The smallest absolute Gasteiger partial charge is 0.307 e. The highest BCUT2D eigenvalue weighted by Crippen LogP contribution is 2.14. The number of methoxy groups -OCH3 is 2. The minimum atomic E-state index is -0.308. The van der Waals surface area contributed by atoms with Crippen molar-refractivity contribution in [3.8, 4) is 5.75 Å². The van der Waals surface area contributed by atoms with Crippen molar-refractivity contribution in [2.24, 2.45) is 5.92 Å². The van der Waals surface area contributed by atoms with Gasteiger partial charge in [0, 0.05) is 18.7 Å². The Morgan fingerprint density at radius 1 is 1.09 bits per heavy atom. The van der Waals surface area contributed by atoms with E-state index in [1.807, 2.05) is 0 Å². The number of carbonyl (C=O) groups excluding carboxylic acids is 2. The van der Waals surface area contributed by atoms with Gasteiger partial charge in [0.2, 0.25) is 0 Å². The second kappa shape index (κ2) is 9.07. The third-order valence-electron chi connectivity index (χ3n) is 3.41. The van der Waals surface area contributed by atoms with Gasteiger partial charge in [-0.25, -0.2) is 0 Å². The van der Waals surface area contributed by atoms with E-state index in [0.717, 1.165) is 6.42 Å². The molecule has 0 saturated heterocycles. The molecule has 0 bridgehead atoms. The molecule has 122 valence electrons. The molecule has 0 atom stereocenters. The summed E-state index contributed by atoms with van der Waals surface area (Å²) in [7, 11) is 2.94. The van der Waals surface area contributed by atoms with Crippen molar-refractivity contribution < 1.29 is 19.1 Å². The molecule has 0 heterocycles. The van der Waals surface area contributed by atoms with Gasteiger partial charge in [0.05, 0.1) is 20.6 Å². The van der Waals surface area contributed by atoms with Crippen LogP contribution in [0.3, 0.4) is 0 Å². The summed E-state index contributed by atoms with van der Waals surface area (Å²) in [5, 5.41) is 0. The Labute approximate surface area is 132 Å². The van der Waals surface area contributed by atoms with Crippen LogP contribution in [0.1, 0.15) is 37.0 Å². The average molecular weight is 307 g/mol.